The van der Waals surface area contributed by atoms with E-state index < -0.39 is 0 Å². The molecule has 0 bridgehead atoms. The van der Waals surface area contributed by atoms with Crippen LogP contribution in [0.1, 0.15) is 68.6 Å². The van der Waals surface area contributed by atoms with Crippen molar-refractivity contribution in [2.45, 2.75) is 58.3 Å². The van der Waals surface area contributed by atoms with E-state index in [9.17, 15) is 4.79 Å². The van der Waals surface area contributed by atoms with Crippen molar-refractivity contribution in [2.75, 3.05) is 6.54 Å². The zero-order valence-electron chi connectivity index (χ0n) is 12.3. The first-order valence-electron chi connectivity index (χ1n) is 7.63. The van der Waals surface area contributed by atoms with Crippen LogP contribution in [-0.4, -0.2) is 17.4 Å². The van der Waals surface area contributed by atoms with Crippen LogP contribution in [0.4, 0.5) is 0 Å². The number of unbranched alkanes of at least 4 members (excludes halogenated alkanes) is 7. The number of carbonyl (C=O) groups is 1. The molecule has 1 rings (SSSR count). The topological polar surface area (TPSA) is 42.0 Å². The van der Waals surface area contributed by atoms with Gasteiger partial charge in [0.1, 0.15) is 4.60 Å². The molecule has 0 spiro atoms. The largest absolute Gasteiger partial charge is 0.352 e. The average Bonchev–Trinajstić information content (AvgIpc) is 2.45. The first-order chi connectivity index (χ1) is 9.74. The highest BCUT2D eigenvalue weighted by Gasteiger charge is 2.04. The van der Waals surface area contributed by atoms with Gasteiger partial charge in [0.2, 0.25) is 0 Å². The summed E-state index contributed by atoms with van der Waals surface area (Å²) in [6, 6.07) is 3.47. The molecule has 1 aromatic rings. The van der Waals surface area contributed by atoms with Crippen molar-refractivity contribution in [1.29, 1.82) is 0 Å². The van der Waals surface area contributed by atoms with Gasteiger partial charge in [-0.25, -0.2) is 4.98 Å². The van der Waals surface area contributed by atoms with Crippen LogP contribution in [0.5, 0.6) is 0 Å². The Kier molecular flexibility index (Phi) is 9.29. The molecule has 1 N–H and O–H groups in total. The number of nitrogens with zero attached hydrogens (tertiary/aromatic N) is 1. The minimum Gasteiger partial charge on any atom is -0.352 e. The van der Waals surface area contributed by atoms with E-state index >= 15 is 0 Å². The summed E-state index contributed by atoms with van der Waals surface area (Å²) < 4.78 is 0.692. The Morgan fingerprint density at radius 3 is 2.45 bits per heavy atom. The van der Waals surface area contributed by atoms with Crippen molar-refractivity contribution in [1.82, 2.24) is 10.3 Å². The lowest BCUT2D eigenvalue weighted by atomic mass is 10.1. The highest BCUT2D eigenvalue weighted by atomic mass is 79.9. The summed E-state index contributed by atoms with van der Waals surface area (Å²) in [6.45, 7) is 3.00. The predicted molar refractivity (Wildman–Crippen MR) is 86.9 cm³/mol. The molecule has 0 radical (unpaired) electrons. The molecule has 3 nitrogen and oxygen atoms in total. The monoisotopic (exact) mass is 340 g/mol. The molecule has 0 aromatic carbocycles. The maximum atomic E-state index is 11.8. The molecule has 1 aromatic heterocycles. The standard InChI is InChI=1S/C16H25BrN2O/c1-2-3-4-5-6-7-8-9-11-19-16(20)14-10-12-18-15(17)13-14/h10,12-13H,2-9,11H2,1H3,(H,19,20). The number of hydrogen-bond donors (Lipinski definition) is 1. The molecule has 0 saturated carbocycles. The summed E-state index contributed by atoms with van der Waals surface area (Å²) in [5, 5.41) is 2.95. The van der Waals surface area contributed by atoms with Gasteiger partial charge >= 0.3 is 0 Å². The SMILES string of the molecule is CCCCCCCCCCNC(=O)c1ccnc(Br)c1. The lowest BCUT2D eigenvalue weighted by Crippen LogP contribution is -2.24. The summed E-state index contributed by atoms with van der Waals surface area (Å²) in [7, 11) is 0. The Bertz CT molecular complexity index is 396. The molecular formula is C16H25BrN2O. The van der Waals surface area contributed by atoms with E-state index in [4.69, 9.17) is 0 Å². The number of pyridine rings is 1. The Morgan fingerprint density at radius 2 is 1.80 bits per heavy atom. The normalized spacial score (nSPS) is 10.5. The number of hydrogen-bond acceptors (Lipinski definition) is 2. The van der Waals surface area contributed by atoms with E-state index in [-0.39, 0.29) is 5.91 Å². The lowest BCUT2D eigenvalue weighted by Gasteiger charge is -2.05. The first kappa shape index (κ1) is 17.2. The molecule has 0 atom stereocenters. The number of rotatable bonds is 10. The van der Waals surface area contributed by atoms with Gasteiger partial charge in [-0.3, -0.25) is 4.79 Å². The molecule has 0 fully saturated rings. The number of halogens is 1. The van der Waals surface area contributed by atoms with Crippen LogP contribution in [0.2, 0.25) is 0 Å². The van der Waals surface area contributed by atoms with E-state index in [0.717, 1.165) is 13.0 Å². The molecule has 0 aliphatic carbocycles. The van der Waals surface area contributed by atoms with Crippen LogP contribution in [0.25, 0.3) is 0 Å². The minimum absolute atomic E-state index is 0.0176. The van der Waals surface area contributed by atoms with Gasteiger partial charge in [0.15, 0.2) is 0 Å². The van der Waals surface area contributed by atoms with Crippen LogP contribution in [0, 0.1) is 0 Å². The van der Waals surface area contributed by atoms with Crippen LogP contribution in [0.3, 0.4) is 0 Å². The van der Waals surface area contributed by atoms with E-state index in [0.29, 0.717) is 10.2 Å². The second kappa shape index (κ2) is 10.8. The highest BCUT2D eigenvalue weighted by molar-refractivity contribution is 9.10. The molecule has 0 saturated heterocycles. The van der Waals surface area contributed by atoms with Crippen LogP contribution in [0.15, 0.2) is 22.9 Å². The Hall–Kier alpha value is -0.900. The highest BCUT2D eigenvalue weighted by Crippen LogP contribution is 2.09. The van der Waals surface area contributed by atoms with Crippen LogP contribution in [-0.2, 0) is 0 Å². The van der Waals surface area contributed by atoms with Gasteiger partial charge in [-0.05, 0) is 34.5 Å². The quantitative estimate of drug-likeness (QED) is 0.494. The van der Waals surface area contributed by atoms with Crippen molar-refractivity contribution in [3.63, 3.8) is 0 Å². The molecule has 4 heteroatoms. The number of nitrogens with one attached hydrogen (secondary N) is 1. The van der Waals surface area contributed by atoms with Gasteiger partial charge < -0.3 is 5.32 Å². The van der Waals surface area contributed by atoms with Gasteiger partial charge in [0.05, 0.1) is 0 Å². The van der Waals surface area contributed by atoms with E-state index in [1.807, 2.05) is 0 Å². The van der Waals surface area contributed by atoms with Gasteiger partial charge in [-0.15, -0.1) is 0 Å². The van der Waals surface area contributed by atoms with Crippen molar-refractivity contribution in [2.24, 2.45) is 0 Å². The van der Waals surface area contributed by atoms with Crippen molar-refractivity contribution in [3.8, 4) is 0 Å². The average molecular weight is 341 g/mol. The Balaban J connectivity index is 2.02. The first-order valence-corrected chi connectivity index (χ1v) is 8.43. The third-order valence-corrected chi connectivity index (χ3v) is 3.74. The second-order valence-electron chi connectivity index (χ2n) is 5.10. The summed E-state index contributed by atoms with van der Waals surface area (Å²) in [4.78, 5) is 15.9. The number of amides is 1. The molecule has 1 heterocycles. The maximum Gasteiger partial charge on any atom is 0.251 e. The van der Waals surface area contributed by atoms with Gasteiger partial charge in [-0.2, -0.15) is 0 Å². The lowest BCUT2D eigenvalue weighted by molar-refractivity contribution is 0.0952. The molecule has 112 valence electrons. The number of carbonyl (C=O) groups excluding carboxylic acids is 1. The van der Waals surface area contributed by atoms with Gasteiger partial charge in [-0.1, -0.05) is 51.9 Å². The van der Waals surface area contributed by atoms with E-state index in [1.54, 1.807) is 18.3 Å². The zero-order valence-corrected chi connectivity index (χ0v) is 13.9. The van der Waals surface area contributed by atoms with Crippen LogP contribution < -0.4 is 5.32 Å². The zero-order chi connectivity index (χ0) is 14.6. The molecule has 1 amide bonds. The molecular weight excluding hydrogens is 316 g/mol. The van der Waals surface area contributed by atoms with E-state index in [1.165, 1.54) is 44.9 Å². The van der Waals surface area contributed by atoms with Crippen LogP contribution >= 0.6 is 15.9 Å². The summed E-state index contributed by atoms with van der Waals surface area (Å²) in [6.07, 6.45) is 11.9. The fourth-order valence-electron chi connectivity index (χ4n) is 2.11. The fourth-order valence-corrected chi connectivity index (χ4v) is 2.47. The second-order valence-corrected chi connectivity index (χ2v) is 5.91. The predicted octanol–water partition coefficient (Wildman–Crippen LogP) is 4.71. The van der Waals surface area contributed by atoms with Crippen molar-refractivity contribution >= 4 is 21.8 Å². The molecule has 20 heavy (non-hydrogen) atoms. The van der Waals surface area contributed by atoms with Crippen molar-refractivity contribution in [3.05, 3.63) is 28.5 Å². The van der Waals surface area contributed by atoms with Gasteiger partial charge in [0, 0.05) is 18.3 Å². The third-order valence-electron chi connectivity index (χ3n) is 3.30. The third kappa shape index (κ3) is 7.63. The van der Waals surface area contributed by atoms with Crippen molar-refractivity contribution < 1.29 is 4.79 Å². The Labute approximate surface area is 130 Å². The summed E-state index contributed by atoms with van der Waals surface area (Å²) in [5.41, 5.74) is 0.659. The van der Waals surface area contributed by atoms with Gasteiger partial charge in [0.25, 0.3) is 5.91 Å². The summed E-state index contributed by atoms with van der Waals surface area (Å²) >= 11 is 3.27. The van der Waals surface area contributed by atoms with E-state index in [2.05, 4.69) is 33.2 Å². The smallest absolute Gasteiger partial charge is 0.251 e. The minimum atomic E-state index is -0.0176. The fraction of sp³-hybridized carbons (Fsp3) is 0.625. The Morgan fingerprint density at radius 1 is 1.15 bits per heavy atom. The summed E-state index contributed by atoms with van der Waals surface area (Å²) in [5.74, 6) is -0.0176. The maximum absolute atomic E-state index is 11.8. The molecule has 0 aliphatic heterocycles. The number of aromatic nitrogens is 1. The molecule has 0 aliphatic rings. The molecule has 0 unspecified atom stereocenters.